The third-order valence-corrected chi connectivity index (χ3v) is 5.91. The zero-order valence-corrected chi connectivity index (χ0v) is 20.1. The van der Waals surface area contributed by atoms with Crippen LogP contribution < -0.4 is 0 Å². The van der Waals surface area contributed by atoms with Crippen molar-refractivity contribution in [2.24, 2.45) is 0 Å². The molecule has 0 spiro atoms. The fourth-order valence-corrected chi connectivity index (χ4v) is 4.19. The number of nitrogens with zero attached hydrogens (tertiary/aromatic N) is 1. The maximum Gasteiger partial charge on any atom is 0.0607 e. The molecule has 4 aromatic rings. The molecule has 1 aliphatic rings. The average molecular weight is 567 g/mol. The van der Waals surface area contributed by atoms with Gasteiger partial charge in [0.25, 0.3) is 0 Å². The van der Waals surface area contributed by atoms with E-state index in [1.165, 1.54) is 38.8 Å². The quantitative estimate of drug-likeness (QED) is 0.202. The van der Waals surface area contributed by atoms with E-state index in [4.69, 9.17) is 4.98 Å². The molecule has 0 fully saturated rings. The summed E-state index contributed by atoms with van der Waals surface area (Å²) in [5.41, 5.74) is 10.8. The van der Waals surface area contributed by atoms with Gasteiger partial charge >= 0.3 is 0 Å². The van der Waals surface area contributed by atoms with Gasteiger partial charge in [0.05, 0.1) is 5.52 Å². The molecular formula is C28H24IrN-. The van der Waals surface area contributed by atoms with Crippen molar-refractivity contribution in [3.8, 4) is 22.4 Å². The first-order chi connectivity index (χ1) is 13.9. The van der Waals surface area contributed by atoms with Crippen LogP contribution in [0.25, 0.3) is 45.4 Å². The Balaban J connectivity index is 0.00000218. The second kappa shape index (κ2) is 7.61. The van der Waals surface area contributed by atoms with Crippen molar-refractivity contribution in [1.82, 2.24) is 4.98 Å². The average Bonchev–Trinajstić information content (AvgIpc) is 3.16. The Bertz CT molecular complexity index is 1270. The van der Waals surface area contributed by atoms with Crippen molar-refractivity contribution in [1.29, 1.82) is 0 Å². The Labute approximate surface area is 192 Å². The van der Waals surface area contributed by atoms with Gasteiger partial charge in [-0.15, -0.1) is 35.4 Å². The van der Waals surface area contributed by atoms with E-state index >= 15 is 0 Å². The van der Waals surface area contributed by atoms with Crippen LogP contribution in [0.2, 0.25) is 0 Å². The Morgan fingerprint density at radius 2 is 1.63 bits per heavy atom. The van der Waals surface area contributed by atoms with E-state index in [2.05, 4.69) is 101 Å². The van der Waals surface area contributed by atoms with Crippen LogP contribution in [0.5, 0.6) is 0 Å². The van der Waals surface area contributed by atoms with Crippen molar-refractivity contribution < 1.29 is 20.1 Å². The van der Waals surface area contributed by atoms with Crippen molar-refractivity contribution in [2.75, 3.05) is 0 Å². The minimum atomic E-state index is 0. The van der Waals surface area contributed by atoms with E-state index in [0.717, 1.165) is 16.8 Å². The minimum absolute atomic E-state index is 0. The normalized spacial score (nSPS) is 12.3. The van der Waals surface area contributed by atoms with Crippen molar-refractivity contribution in [2.45, 2.75) is 33.1 Å². The first-order valence-electron chi connectivity index (χ1n) is 10.2. The summed E-state index contributed by atoms with van der Waals surface area (Å²) >= 11 is 0. The zero-order valence-electron chi connectivity index (χ0n) is 17.7. The van der Waals surface area contributed by atoms with Gasteiger partial charge in [0.15, 0.2) is 0 Å². The Hall–Kier alpha value is -2.54. The topological polar surface area (TPSA) is 12.9 Å². The molecular weight excluding hydrogens is 543 g/mol. The molecule has 1 nitrogen and oxygen atoms in total. The minimum Gasteiger partial charge on any atom is -0.296 e. The van der Waals surface area contributed by atoms with Gasteiger partial charge in [0.2, 0.25) is 0 Å². The van der Waals surface area contributed by atoms with Crippen LogP contribution in [0, 0.1) is 13.0 Å². The van der Waals surface area contributed by atoms with E-state index in [1.807, 2.05) is 6.07 Å². The molecule has 5 rings (SSSR count). The van der Waals surface area contributed by atoms with Crippen LogP contribution in [0.1, 0.15) is 43.0 Å². The van der Waals surface area contributed by atoms with Gasteiger partial charge in [-0.2, -0.15) is 0 Å². The van der Waals surface area contributed by atoms with Crippen molar-refractivity contribution >= 4 is 23.1 Å². The summed E-state index contributed by atoms with van der Waals surface area (Å²) in [6, 6.07) is 25.0. The van der Waals surface area contributed by atoms with E-state index in [-0.39, 0.29) is 25.5 Å². The first kappa shape index (κ1) is 20.7. The van der Waals surface area contributed by atoms with E-state index in [9.17, 15) is 0 Å². The fraction of sp³-hybridized carbons (Fsp3) is 0.179. The van der Waals surface area contributed by atoms with Crippen LogP contribution >= 0.6 is 0 Å². The summed E-state index contributed by atoms with van der Waals surface area (Å²) in [6.45, 7) is 8.91. The van der Waals surface area contributed by atoms with Gasteiger partial charge in [-0.05, 0) is 46.4 Å². The van der Waals surface area contributed by atoms with Crippen molar-refractivity contribution in [3.05, 3.63) is 89.0 Å². The van der Waals surface area contributed by atoms with Crippen LogP contribution in [-0.4, -0.2) is 4.98 Å². The summed E-state index contributed by atoms with van der Waals surface area (Å²) < 4.78 is 0. The van der Waals surface area contributed by atoms with Crippen LogP contribution in [0.3, 0.4) is 0 Å². The standard InChI is InChI=1S/C28H24N.Ir/c1-18-24-16-13-20-7-6-10-25(26(20)24)29-27(18)22-9-5-8-21(17-22)19-11-14-23(15-12-19)28(2,3)4;/h5-8,10-17H,1-4H3;/q-1;. The number of aromatic nitrogens is 1. The number of hydrogen-bond donors (Lipinski definition) is 0. The summed E-state index contributed by atoms with van der Waals surface area (Å²) in [4.78, 5) is 5.02. The van der Waals surface area contributed by atoms with Gasteiger partial charge in [0, 0.05) is 25.5 Å². The third kappa shape index (κ3) is 3.45. The van der Waals surface area contributed by atoms with Gasteiger partial charge in [0.1, 0.15) is 0 Å². The fourth-order valence-electron chi connectivity index (χ4n) is 4.19. The molecule has 0 bridgehead atoms. The molecule has 1 aromatic heterocycles. The maximum atomic E-state index is 5.02. The Kier molecular flexibility index (Phi) is 5.26. The molecule has 1 aliphatic carbocycles. The Morgan fingerprint density at radius 1 is 0.867 bits per heavy atom. The van der Waals surface area contributed by atoms with E-state index < -0.39 is 0 Å². The van der Waals surface area contributed by atoms with Crippen molar-refractivity contribution in [3.63, 3.8) is 0 Å². The molecule has 2 heteroatoms. The summed E-state index contributed by atoms with van der Waals surface area (Å²) in [7, 11) is 0. The molecule has 0 amide bonds. The van der Waals surface area contributed by atoms with Crippen LogP contribution in [0.15, 0.2) is 60.7 Å². The molecule has 0 unspecified atom stereocenters. The molecule has 0 saturated heterocycles. The molecule has 30 heavy (non-hydrogen) atoms. The molecule has 0 aliphatic heterocycles. The van der Waals surface area contributed by atoms with E-state index in [0.29, 0.717) is 0 Å². The first-order valence-corrected chi connectivity index (χ1v) is 10.2. The van der Waals surface area contributed by atoms with Gasteiger partial charge in [-0.25, -0.2) is 0 Å². The maximum absolute atomic E-state index is 5.02. The molecule has 1 heterocycles. The van der Waals surface area contributed by atoms with Gasteiger partial charge < -0.3 is 0 Å². The number of pyridine rings is 1. The smallest absolute Gasteiger partial charge is 0.0607 e. The molecule has 3 aromatic carbocycles. The molecule has 0 saturated carbocycles. The molecule has 1 radical (unpaired) electrons. The summed E-state index contributed by atoms with van der Waals surface area (Å²) in [5, 5.41) is 1.27. The summed E-state index contributed by atoms with van der Waals surface area (Å²) in [6.07, 6.45) is 4.40. The number of rotatable bonds is 2. The largest absolute Gasteiger partial charge is 0.296 e. The van der Waals surface area contributed by atoms with Crippen LogP contribution in [-0.2, 0) is 25.5 Å². The number of hydrogen-bond acceptors (Lipinski definition) is 1. The predicted octanol–water partition coefficient (Wildman–Crippen LogP) is 7.46. The molecule has 151 valence electrons. The summed E-state index contributed by atoms with van der Waals surface area (Å²) in [5.74, 6) is 0. The SMILES string of the molecule is Cc1c(-c2[c-]ccc(-c3ccc(C(C)(C)C)cc3)c2)nc2cccc3c2c1C=C3.[Ir]. The predicted molar refractivity (Wildman–Crippen MR) is 124 cm³/mol. The number of benzene rings is 3. The Morgan fingerprint density at radius 3 is 2.37 bits per heavy atom. The molecule has 0 atom stereocenters. The zero-order chi connectivity index (χ0) is 20.2. The monoisotopic (exact) mass is 567 g/mol. The van der Waals surface area contributed by atoms with Crippen LogP contribution in [0.4, 0.5) is 0 Å². The van der Waals surface area contributed by atoms with Gasteiger partial charge in [-0.3, -0.25) is 4.98 Å². The second-order valence-corrected chi connectivity index (χ2v) is 8.89. The van der Waals surface area contributed by atoms with Gasteiger partial charge in [-0.1, -0.05) is 74.9 Å². The second-order valence-electron chi connectivity index (χ2n) is 8.89. The third-order valence-electron chi connectivity index (χ3n) is 5.91. The molecule has 0 N–H and O–H groups in total. The van der Waals surface area contributed by atoms with E-state index in [1.54, 1.807) is 0 Å².